The van der Waals surface area contributed by atoms with E-state index in [0.717, 1.165) is 11.0 Å². The van der Waals surface area contributed by atoms with E-state index < -0.39 is 27.8 Å². The van der Waals surface area contributed by atoms with E-state index in [-0.39, 0.29) is 12.9 Å². The summed E-state index contributed by atoms with van der Waals surface area (Å²) >= 11 is -0.501. The van der Waals surface area contributed by atoms with Gasteiger partial charge in [0.15, 0.2) is 0 Å². The van der Waals surface area contributed by atoms with Crippen molar-refractivity contribution in [3.63, 3.8) is 0 Å². The molecule has 0 aliphatic rings. The molecule has 0 aromatic heterocycles. The fourth-order valence-corrected chi connectivity index (χ4v) is 5.95. The molecule has 0 bridgehead atoms. The number of esters is 1. The van der Waals surface area contributed by atoms with Crippen molar-refractivity contribution >= 4 is 33.4 Å². The van der Waals surface area contributed by atoms with Crippen LogP contribution in [0.1, 0.15) is 11.1 Å². The number of aliphatic hydroxyl groups is 1. The van der Waals surface area contributed by atoms with E-state index in [1.807, 2.05) is 36.4 Å². The van der Waals surface area contributed by atoms with Gasteiger partial charge in [0.2, 0.25) is 0 Å². The molecule has 3 aromatic carbocycles. The molecule has 3 atom stereocenters. The molecule has 0 heterocycles. The number of aliphatic hydroxyl groups excluding tert-OH is 1. The summed E-state index contributed by atoms with van der Waals surface area (Å²) in [6, 6.07) is 22.0. The predicted molar refractivity (Wildman–Crippen MR) is 152 cm³/mol. The van der Waals surface area contributed by atoms with Crippen LogP contribution in [0.2, 0.25) is 10.4 Å². The van der Waals surface area contributed by atoms with E-state index >= 15 is 0 Å². The Labute approximate surface area is 236 Å². The van der Waals surface area contributed by atoms with Crippen LogP contribution in [0, 0.1) is 0 Å². The van der Waals surface area contributed by atoms with Gasteiger partial charge in [-0.05, 0) is 6.07 Å². The zero-order valence-electron chi connectivity index (χ0n) is 22.6. The molecule has 3 rings (SSSR count). The van der Waals surface area contributed by atoms with Crippen molar-refractivity contribution in [1.29, 1.82) is 0 Å². The molecule has 0 spiro atoms. The summed E-state index contributed by atoms with van der Waals surface area (Å²) in [5, 5.41) is 11.8. The number of benzene rings is 3. The average Bonchev–Trinajstić information content (AvgIpc) is 2.98. The third-order valence-corrected chi connectivity index (χ3v) is 8.62. The first-order valence-electron chi connectivity index (χ1n) is 12.4. The van der Waals surface area contributed by atoms with E-state index in [4.69, 9.17) is 28.4 Å². The second-order valence-electron chi connectivity index (χ2n) is 8.40. The van der Waals surface area contributed by atoms with Crippen LogP contribution < -0.4 is 18.9 Å². The van der Waals surface area contributed by atoms with E-state index in [1.54, 1.807) is 63.8 Å². The topological polar surface area (TPSA) is 92.7 Å². The molecule has 39 heavy (non-hydrogen) atoms. The number of ether oxygens (including phenoxy) is 6. The molecular weight excluding hydrogens is 563 g/mol. The Bertz CT molecular complexity index is 1200. The van der Waals surface area contributed by atoms with Gasteiger partial charge in [-0.1, -0.05) is 0 Å². The molecule has 9 heteroatoms. The molecule has 0 fully saturated rings. The Kier molecular flexibility index (Phi) is 12.2. The van der Waals surface area contributed by atoms with E-state index in [9.17, 15) is 9.90 Å². The van der Waals surface area contributed by atoms with Crippen LogP contribution >= 0.6 is 0 Å². The van der Waals surface area contributed by atoms with E-state index in [0.29, 0.717) is 39.2 Å². The van der Waals surface area contributed by atoms with Gasteiger partial charge in [0.1, 0.15) is 5.75 Å². The van der Waals surface area contributed by atoms with Gasteiger partial charge in [-0.2, -0.15) is 0 Å². The van der Waals surface area contributed by atoms with Crippen molar-refractivity contribution in [1.82, 2.24) is 0 Å². The first-order valence-corrected chi connectivity index (χ1v) is 15.3. The minimum absolute atomic E-state index is 0.169. The average molecular weight is 599 g/mol. The van der Waals surface area contributed by atoms with Crippen LogP contribution in [0.3, 0.4) is 0 Å². The summed E-state index contributed by atoms with van der Waals surface area (Å²) in [5.41, 5.74) is 1.72. The zero-order valence-corrected chi connectivity index (χ0v) is 24.7. The van der Waals surface area contributed by atoms with Crippen LogP contribution in [0.25, 0.3) is 11.6 Å². The number of carbonyl (C=O) groups is 1. The van der Waals surface area contributed by atoms with Gasteiger partial charge in [-0.3, -0.25) is 0 Å². The molecule has 0 saturated carbocycles. The predicted octanol–water partition coefficient (Wildman–Crippen LogP) is 4.48. The monoisotopic (exact) mass is 598 g/mol. The summed E-state index contributed by atoms with van der Waals surface area (Å²) in [5.74, 6) is 2.08. The number of rotatable bonds is 15. The van der Waals surface area contributed by atoms with Crippen molar-refractivity contribution in [3.05, 3.63) is 83.9 Å². The van der Waals surface area contributed by atoms with Crippen LogP contribution in [0.15, 0.2) is 72.8 Å². The molecule has 0 aliphatic heterocycles. The summed E-state index contributed by atoms with van der Waals surface area (Å²) in [7, 11) is 6.09. The van der Waals surface area contributed by atoms with Crippen LogP contribution in [-0.4, -0.2) is 74.3 Å². The van der Waals surface area contributed by atoms with Crippen LogP contribution in [-0.2, 0) is 14.3 Å². The van der Waals surface area contributed by atoms with Gasteiger partial charge in [-0.15, -0.1) is 0 Å². The van der Waals surface area contributed by atoms with Crippen molar-refractivity contribution in [2.45, 2.75) is 22.8 Å². The Balaban J connectivity index is 1.56. The van der Waals surface area contributed by atoms with Crippen LogP contribution in [0.5, 0.6) is 23.0 Å². The summed E-state index contributed by atoms with van der Waals surface area (Å²) in [6.07, 6.45) is 0.790. The van der Waals surface area contributed by atoms with Crippen molar-refractivity contribution in [3.8, 4) is 23.0 Å². The normalized spacial score (nSPS) is 13.1. The fourth-order valence-electron chi connectivity index (χ4n) is 3.64. The minimum atomic E-state index is -0.591. The molecule has 1 N–H and O–H groups in total. The number of methoxy groups -OCH3 is 4. The molecule has 8 nitrogen and oxygen atoms in total. The van der Waals surface area contributed by atoms with Crippen LogP contribution in [0.4, 0.5) is 0 Å². The molecule has 0 radical (unpaired) electrons. The van der Waals surface area contributed by atoms with Gasteiger partial charge in [0.05, 0.1) is 14.2 Å². The molecule has 0 amide bonds. The molecule has 208 valence electrons. The molecule has 3 aromatic rings. The summed E-state index contributed by atoms with van der Waals surface area (Å²) in [4.78, 5) is 12.6. The van der Waals surface area contributed by atoms with Gasteiger partial charge < -0.3 is 9.47 Å². The van der Waals surface area contributed by atoms with Gasteiger partial charge in [-0.25, -0.2) is 0 Å². The third kappa shape index (κ3) is 9.36. The van der Waals surface area contributed by atoms with Crippen molar-refractivity contribution in [2.24, 2.45) is 0 Å². The Morgan fingerprint density at radius 1 is 0.872 bits per heavy atom. The summed E-state index contributed by atoms with van der Waals surface area (Å²) in [6.45, 7) is 0.169. The van der Waals surface area contributed by atoms with Gasteiger partial charge in [0, 0.05) is 6.07 Å². The number of hydrogen-bond donors (Lipinski definition) is 1. The Morgan fingerprint density at radius 3 is 2.23 bits per heavy atom. The molecule has 3 unspecified atom stereocenters. The number of hydrogen-bond acceptors (Lipinski definition) is 8. The number of para-hydroxylation sites is 1. The SMILES string of the molecule is COC(=O)C(=Cc1ccc(OC)cc1OC)c1ccc(OCC(O)C[AsH]CC(OC)Oc2ccccc2)cc1. The maximum atomic E-state index is 12.6. The quantitative estimate of drug-likeness (QED) is 0.0901. The van der Waals surface area contributed by atoms with Crippen molar-refractivity contribution in [2.75, 3.05) is 35.0 Å². The molecule has 0 saturated heterocycles. The molecular formula is C30H35AsO8. The van der Waals surface area contributed by atoms with Gasteiger partial charge in [0.25, 0.3) is 0 Å². The Hall–Kier alpha value is -3.45. The van der Waals surface area contributed by atoms with E-state index in [2.05, 4.69) is 0 Å². The fraction of sp³-hybridized carbons (Fsp3) is 0.300. The Morgan fingerprint density at radius 2 is 1.59 bits per heavy atom. The van der Waals surface area contributed by atoms with Crippen molar-refractivity contribution < 1.29 is 38.3 Å². The zero-order chi connectivity index (χ0) is 28.0. The first kappa shape index (κ1) is 30.1. The number of carbonyl (C=O) groups excluding carboxylic acids is 1. The second kappa shape index (κ2) is 15.8. The van der Waals surface area contributed by atoms with E-state index in [1.165, 1.54) is 7.11 Å². The second-order valence-corrected chi connectivity index (χ2v) is 11.2. The summed E-state index contributed by atoms with van der Waals surface area (Å²) < 4.78 is 32.8. The maximum absolute atomic E-state index is 12.6. The molecule has 0 aliphatic carbocycles. The van der Waals surface area contributed by atoms with Gasteiger partial charge >= 0.3 is 195 Å². The standard InChI is InChI=1S/C30H35AsO8/c1-34-26-15-12-22(28(17-26)35-2)16-27(30(33)37-4)21-10-13-24(14-11-21)38-20-23(32)18-31-19-29(36-3)39-25-8-6-5-7-9-25/h5-17,23,29,31-32H,18-20H2,1-4H3. The third-order valence-electron chi connectivity index (χ3n) is 5.72. The first-order chi connectivity index (χ1) is 19.0.